The molecule has 0 amide bonds. The molecule has 1 aromatic carbocycles. The smallest absolute Gasteiger partial charge is 0.143 e. The van der Waals surface area contributed by atoms with Crippen molar-refractivity contribution >= 4 is 17.3 Å². The second kappa shape index (κ2) is 6.27. The molecule has 4 nitrogen and oxygen atoms in total. The summed E-state index contributed by atoms with van der Waals surface area (Å²) in [6.07, 6.45) is 0. The third-order valence-electron chi connectivity index (χ3n) is 3.06. The second-order valence-electron chi connectivity index (χ2n) is 4.44. The Balaban J connectivity index is 1.84. The number of rotatable bonds is 4. The maximum Gasteiger partial charge on any atom is 0.143 e. The zero-order valence-corrected chi connectivity index (χ0v) is 11.4. The minimum atomic E-state index is 0.615. The molecule has 0 unspecified atom stereocenters. The van der Waals surface area contributed by atoms with E-state index < -0.39 is 0 Å². The van der Waals surface area contributed by atoms with E-state index in [0.717, 1.165) is 38.4 Å². The molecule has 1 heterocycles. The molecule has 2 rings (SSSR count). The monoisotopic (exact) mass is 270 g/mol. The van der Waals surface area contributed by atoms with Crippen LogP contribution in [0.5, 0.6) is 5.75 Å². The molecule has 0 spiro atoms. The number of benzene rings is 1. The summed E-state index contributed by atoms with van der Waals surface area (Å²) in [5, 5.41) is 0.686. The number of nitrogens with zero attached hydrogens (tertiary/aromatic N) is 1. The van der Waals surface area contributed by atoms with E-state index in [2.05, 4.69) is 4.90 Å². The summed E-state index contributed by atoms with van der Waals surface area (Å²) < 4.78 is 11.0. The molecule has 0 aliphatic carbocycles. The van der Waals surface area contributed by atoms with E-state index in [-0.39, 0.29) is 0 Å². The van der Waals surface area contributed by atoms with Gasteiger partial charge >= 0.3 is 0 Å². The van der Waals surface area contributed by atoms with Gasteiger partial charge < -0.3 is 15.2 Å². The van der Waals surface area contributed by atoms with E-state index in [9.17, 15) is 0 Å². The first kappa shape index (κ1) is 13.5. The lowest BCUT2D eigenvalue weighted by molar-refractivity contribution is 0.0323. The topological polar surface area (TPSA) is 47.7 Å². The van der Waals surface area contributed by atoms with Gasteiger partial charge in [-0.1, -0.05) is 11.6 Å². The number of aryl methyl sites for hydroxylation is 1. The molecule has 1 aliphatic rings. The molecule has 1 fully saturated rings. The quantitative estimate of drug-likeness (QED) is 0.850. The van der Waals surface area contributed by atoms with Crippen LogP contribution in [0.1, 0.15) is 5.56 Å². The van der Waals surface area contributed by atoms with Crippen molar-refractivity contribution in [2.24, 2.45) is 0 Å². The predicted molar refractivity (Wildman–Crippen MR) is 73.4 cm³/mol. The normalized spacial score (nSPS) is 16.8. The lowest BCUT2D eigenvalue weighted by atomic mass is 10.2. The van der Waals surface area contributed by atoms with Crippen LogP contribution >= 0.6 is 11.6 Å². The molecule has 0 saturated carbocycles. The van der Waals surface area contributed by atoms with Crippen LogP contribution in [0.4, 0.5) is 5.69 Å². The molecule has 1 aromatic rings. The van der Waals surface area contributed by atoms with Crippen LogP contribution in [0, 0.1) is 6.92 Å². The van der Waals surface area contributed by atoms with Gasteiger partial charge in [-0.3, -0.25) is 4.90 Å². The average molecular weight is 271 g/mol. The lowest BCUT2D eigenvalue weighted by Gasteiger charge is -2.26. The van der Waals surface area contributed by atoms with Crippen LogP contribution in [0.15, 0.2) is 12.1 Å². The summed E-state index contributed by atoms with van der Waals surface area (Å²) >= 11 is 6.05. The molecule has 0 aromatic heterocycles. The van der Waals surface area contributed by atoms with Crippen LogP contribution in [0.2, 0.25) is 5.02 Å². The van der Waals surface area contributed by atoms with Gasteiger partial charge in [-0.2, -0.15) is 0 Å². The molecule has 1 saturated heterocycles. The van der Waals surface area contributed by atoms with E-state index in [1.807, 2.05) is 13.0 Å². The Labute approximate surface area is 113 Å². The lowest BCUT2D eigenvalue weighted by Crippen LogP contribution is -2.38. The third-order valence-corrected chi connectivity index (χ3v) is 3.47. The van der Waals surface area contributed by atoms with Crippen molar-refractivity contribution in [3.63, 3.8) is 0 Å². The van der Waals surface area contributed by atoms with Crippen molar-refractivity contribution in [3.8, 4) is 5.75 Å². The first-order valence-corrected chi connectivity index (χ1v) is 6.53. The Hall–Kier alpha value is -0.970. The van der Waals surface area contributed by atoms with Crippen molar-refractivity contribution in [1.29, 1.82) is 0 Å². The van der Waals surface area contributed by atoms with Gasteiger partial charge in [-0.15, -0.1) is 0 Å². The summed E-state index contributed by atoms with van der Waals surface area (Å²) in [7, 11) is 0. The van der Waals surface area contributed by atoms with Gasteiger partial charge in [0.1, 0.15) is 12.4 Å². The zero-order valence-electron chi connectivity index (χ0n) is 10.6. The van der Waals surface area contributed by atoms with Crippen LogP contribution in [-0.4, -0.2) is 44.4 Å². The Kier molecular flexibility index (Phi) is 4.69. The van der Waals surface area contributed by atoms with Crippen LogP contribution in [0.3, 0.4) is 0 Å². The number of nitrogens with two attached hydrogens (primary N) is 1. The highest BCUT2D eigenvalue weighted by atomic mass is 35.5. The molecule has 5 heteroatoms. The molecular weight excluding hydrogens is 252 g/mol. The number of ether oxygens (including phenoxy) is 2. The van der Waals surface area contributed by atoms with Gasteiger partial charge in [-0.05, 0) is 18.6 Å². The largest absolute Gasteiger partial charge is 0.490 e. The molecular formula is C13H19ClN2O2. The summed E-state index contributed by atoms with van der Waals surface area (Å²) in [5.74, 6) is 0.666. The highest BCUT2D eigenvalue weighted by Crippen LogP contribution is 2.28. The maximum atomic E-state index is 6.05. The molecule has 1 aliphatic heterocycles. The van der Waals surface area contributed by atoms with Crippen LogP contribution in [0.25, 0.3) is 0 Å². The van der Waals surface area contributed by atoms with Crippen molar-refractivity contribution < 1.29 is 9.47 Å². The van der Waals surface area contributed by atoms with Gasteiger partial charge in [0.25, 0.3) is 0 Å². The summed E-state index contributed by atoms with van der Waals surface area (Å²) in [5.41, 5.74) is 7.50. The number of nitrogen functional groups attached to an aromatic ring is 1. The molecule has 0 radical (unpaired) electrons. The van der Waals surface area contributed by atoms with E-state index in [1.165, 1.54) is 0 Å². The second-order valence-corrected chi connectivity index (χ2v) is 4.85. The fourth-order valence-electron chi connectivity index (χ4n) is 1.92. The van der Waals surface area contributed by atoms with Crippen molar-refractivity contribution in [1.82, 2.24) is 4.90 Å². The number of hydrogen-bond donors (Lipinski definition) is 1. The maximum absolute atomic E-state index is 6.05. The molecule has 2 N–H and O–H groups in total. The zero-order chi connectivity index (χ0) is 13.0. The minimum absolute atomic E-state index is 0.615. The van der Waals surface area contributed by atoms with Crippen molar-refractivity contribution in [2.45, 2.75) is 6.92 Å². The van der Waals surface area contributed by atoms with E-state index >= 15 is 0 Å². The summed E-state index contributed by atoms with van der Waals surface area (Å²) in [6, 6.07) is 3.62. The Morgan fingerprint density at radius 1 is 1.39 bits per heavy atom. The fraction of sp³-hybridized carbons (Fsp3) is 0.538. The van der Waals surface area contributed by atoms with Gasteiger partial charge in [-0.25, -0.2) is 0 Å². The van der Waals surface area contributed by atoms with Crippen molar-refractivity contribution in [3.05, 3.63) is 22.7 Å². The third kappa shape index (κ3) is 3.51. The van der Waals surface area contributed by atoms with Gasteiger partial charge in [0.2, 0.25) is 0 Å². The summed E-state index contributed by atoms with van der Waals surface area (Å²) in [4.78, 5) is 2.31. The highest BCUT2D eigenvalue weighted by molar-refractivity contribution is 6.31. The number of hydrogen-bond acceptors (Lipinski definition) is 4. The van der Waals surface area contributed by atoms with Gasteiger partial charge in [0.05, 0.1) is 18.9 Å². The van der Waals surface area contributed by atoms with E-state index in [4.69, 9.17) is 26.8 Å². The molecule has 0 atom stereocenters. The van der Waals surface area contributed by atoms with Crippen LogP contribution < -0.4 is 10.5 Å². The van der Waals surface area contributed by atoms with Gasteiger partial charge in [0.15, 0.2) is 0 Å². The predicted octanol–water partition coefficient (Wildman–Crippen LogP) is 1.94. The minimum Gasteiger partial charge on any atom is -0.490 e. The van der Waals surface area contributed by atoms with Gasteiger partial charge in [0, 0.05) is 30.7 Å². The Bertz CT molecular complexity index is 406. The van der Waals surface area contributed by atoms with Crippen LogP contribution in [-0.2, 0) is 4.74 Å². The first-order chi connectivity index (χ1) is 8.66. The summed E-state index contributed by atoms with van der Waals surface area (Å²) in [6.45, 7) is 6.96. The molecule has 100 valence electrons. The molecule has 0 bridgehead atoms. The Morgan fingerprint density at radius 3 is 2.83 bits per heavy atom. The SMILES string of the molecule is Cc1cc(N)c(OCCN2CCOCC2)cc1Cl. The number of anilines is 1. The first-order valence-electron chi connectivity index (χ1n) is 6.15. The van der Waals surface area contributed by atoms with E-state index in [0.29, 0.717) is 23.1 Å². The fourth-order valence-corrected chi connectivity index (χ4v) is 2.07. The molecule has 18 heavy (non-hydrogen) atoms. The number of halogens is 1. The highest BCUT2D eigenvalue weighted by Gasteiger charge is 2.10. The van der Waals surface area contributed by atoms with Crippen molar-refractivity contribution in [2.75, 3.05) is 45.2 Å². The standard InChI is InChI=1S/C13H19ClN2O2/c1-10-8-12(15)13(9-11(10)14)18-7-4-16-2-5-17-6-3-16/h8-9H,2-7,15H2,1H3. The van der Waals surface area contributed by atoms with E-state index in [1.54, 1.807) is 6.07 Å². The Morgan fingerprint density at radius 2 is 2.11 bits per heavy atom. The average Bonchev–Trinajstić information content (AvgIpc) is 2.37. The number of morpholine rings is 1.